The predicted molar refractivity (Wildman–Crippen MR) is 88.5 cm³/mol. The zero-order valence-electron chi connectivity index (χ0n) is 12.7. The number of rotatable bonds is 2. The minimum atomic E-state index is -0.0200. The highest BCUT2D eigenvalue weighted by Gasteiger charge is 2.24. The Labute approximate surface area is 135 Å². The van der Waals surface area contributed by atoms with Crippen molar-refractivity contribution in [3.63, 3.8) is 0 Å². The summed E-state index contributed by atoms with van der Waals surface area (Å²) in [6, 6.07) is 18.1. The lowest BCUT2D eigenvalue weighted by Crippen LogP contribution is -2.37. The second kappa shape index (κ2) is 5.72. The van der Waals surface area contributed by atoms with Gasteiger partial charge in [0.2, 0.25) is 5.82 Å². The van der Waals surface area contributed by atoms with Gasteiger partial charge in [-0.15, -0.1) is 0 Å². The lowest BCUT2D eigenvalue weighted by molar-refractivity contribution is 0.0720. The molecule has 0 fully saturated rings. The third kappa shape index (κ3) is 2.52. The Hall–Kier alpha value is -2.88. The molecule has 0 N–H and O–H groups in total. The Bertz CT molecular complexity index is 839. The van der Waals surface area contributed by atoms with Crippen LogP contribution in [0.15, 0.2) is 67.0 Å². The van der Waals surface area contributed by atoms with E-state index < -0.39 is 0 Å². The molecule has 0 atom stereocenters. The van der Waals surface area contributed by atoms with Crippen molar-refractivity contribution in [3.8, 4) is 5.69 Å². The summed E-state index contributed by atoms with van der Waals surface area (Å²) in [5, 5.41) is 0. The molecule has 2 heterocycles. The van der Waals surface area contributed by atoms with Crippen molar-refractivity contribution in [2.75, 3.05) is 6.54 Å². The maximum atomic E-state index is 12.9. The fourth-order valence-corrected chi connectivity index (χ4v) is 3.07. The van der Waals surface area contributed by atoms with Gasteiger partial charge in [-0.2, -0.15) is 0 Å². The lowest BCUT2D eigenvalue weighted by atomic mass is 10.00. The van der Waals surface area contributed by atoms with Crippen molar-refractivity contribution in [1.29, 1.82) is 0 Å². The molecule has 3 aromatic rings. The number of fused-ring (bicyclic) bond motifs is 1. The van der Waals surface area contributed by atoms with E-state index in [0.717, 1.165) is 18.7 Å². The van der Waals surface area contributed by atoms with Crippen molar-refractivity contribution in [2.45, 2.75) is 13.0 Å². The second-order valence-electron chi connectivity index (χ2n) is 5.70. The van der Waals surface area contributed by atoms with Gasteiger partial charge in [-0.1, -0.05) is 42.5 Å². The summed E-state index contributed by atoms with van der Waals surface area (Å²) in [5.41, 5.74) is 3.51. The molecule has 4 rings (SSSR count). The normalized spacial score (nSPS) is 13.7. The van der Waals surface area contributed by atoms with Crippen LogP contribution >= 0.6 is 0 Å². The van der Waals surface area contributed by atoms with E-state index in [0.29, 0.717) is 12.4 Å². The van der Waals surface area contributed by atoms with Crippen molar-refractivity contribution in [2.24, 2.45) is 0 Å². The molecule has 1 aliphatic rings. The van der Waals surface area contributed by atoms with Crippen molar-refractivity contribution >= 4 is 5.91 Å². The minimum absolute atomic E-state index is 0.0200. The van der Waals surface area contributed by atoms with E-state index in [1.807, 2.05) is 52.1 Å². The standard InChI is InChI=1S/C19H17N3O/c23-19(21-12-10-15-6-4-5-7-16(15)14-21)18-20-11-13-22(18)17-8-2-1-3-9-17/h1-9,11,13H,10,12,14H2. The van der Waals surface area contributed by atoms with E-state index >= 15 is 0 Å². The highest BCUT2D eigenvalue weighted by atomic mass is 16.2. The number of hydrogen-bond acceptors (Lipinski definition) is 2. The van der Waals surface area contributed by atoms with E-state index in [9.17, 15) is 4.79 Å². The Balaban J connectivity index is 1.63. The Morgan fingerprint density at radius 3 is 2.52 bits per heavy atom. The topological polar surface area (TPSA) is 38.1 Å². The first-order valence-electron chi connectivity index (χ1n) is 7.78. The van der Waals surface area contributed by atoms with Gasteiger partial charge in [0, 0.05) is 31.2 Å². The summed E-state index contributed by atoms with van der Waals surface area (Å²) in [6.07, 6.45) is 4.41. The Kier molecular flexibility index (Phi) is 3.42. The van der Waals surface area contributed by atoms with Gasteiger partial charge >= 0.3 is 0 Å². The first-order chi connectivity index (χ1) is 11.3. The minimum Gasteiger partial charge on any atom is -0.331 e. The van der Waals surface area contributed by atoms with E-state index in [1.165, 1.54) is 11.1 Å². The fourth-order valence-electron chi connectivity index (χ4n) is 3.07. The molecule has 0 aliphatic carbocycles. The largest absolute Gasteiger partial charge is 0.331 e. The molecule has 4 heteroatoms. The van der Waals surface area contributed by atoms with Crippen LogP contribution in [-0.2, 0) is 13.0 Å². The maximum Gasteiger partial charge on any atom is 0.290 e. The van der Waals surface area contributed by atoms with Crippen molar-refractivity contribution < 1.29 is 4.79 Å². The molecule has 0 spiro atoms. The van der Waals surface area contributed by atoms with Crippen LogP contribution in [0.25, 0.3) is 5.69 Å². The molecule has 0 unspecified atom stereocenters. The van der Waals surface area contributed by atoms with Crippen LogP contribution in [0.5, 0.6) is 0 Å². The Morgan fingerprint density at radius 1 is 0.957 bits per heavy atom. The molecule has 1 amide bonds. The van der Waals surface area contributed by atoms with Gasteiger partial charge in [0.05, 0.1) is 0 Å². The average Bonchev–Trinajstić information content (AvgIpc) is 3.11. The molecule has 1 aromatic heterocycles. The third-order valence-corrected chi connectivity index (χ3v) is 4.28. The van der Waals surface area contributed by atoms with Crippen LogP contribution in [0.4, 0.5) is 0 Å². The number of imidazole rings is 1. The number of nitrogens with zero attached hydrogens (tertiary/aromatic N) is 3. The molecule has 0 radical (unpaired) electrons. The number of carbonyl (C=O) groups excluding carboxylic acids is 1. The third-order valence-electron chi connectivity index (χ3n) is 4.28. The molecule has 114 valence electrons. The van der Waals surface area contributed by atoms with Crippen molar-refractivity contribution in [3.05, 3.63) is 83.9 Å². The Morgan fingerprint density at radius 2 is 1.70 bits per heavy atom. The lowest BCUT2D eigenvalue weighted by Gasteiger charge is -2.28. The summed E-state index contributed by atoms with van der Waals surface area (Å²) in [7, 11) is 0. The van der Waals surface area contributed by atoms with Gasteiger partial charge < -0.3 is 4.90 Å². The molecular weight excluding hydrogens is 286 g/mol. The van der Waals surface area contributed by atoms with Gasteiger partial charge in [0.25, 0.3) is 5.91 Å². The highest BCUT2D eigenvalue weighted by Crippen LogP contribution is 2.20. The SMILES string of the molecule is O=C(c1nccn1-c1ccccc1)N1CCc2ccccc2C1. The summed E-state index contributed by atoms with van der Waals surface area (Å²) < 4.78 is 1.85. The fraction of sp³-hybridized carbons (Fsp3) is 0.158. The average molecular weight is 303 g/mol. The predicted octanol–water partition coefficient (Wildman–Crippen LogP) is 3.07. The van der Waals surface area contributed by atoms with Gasteiger partial charge in [0.15, 0.2) is 0 Å². The number of para-hydroxylation sites is 1. The van der Waals surface area contributed by atoms with Crippen LogP contribution in [-0.4, -0.2) is 26.9 Å². The number of amides is 1. The smallest absolute Gasteiger partial charge is 0.290 e. The first kappa shape index (κ1) is 13.8. The number of carbonyl (C=O) groups is 1. The van der Waals surface area contributed by atoms with Crippen LogP contribution < -0.4 is 0 Å². The highest BCUT2D eigenvalue weighted by molar-refractivity contribution is 5.91. The van der Waals surface area contributed by atoms with Crippen LogP contribution in [0.2, 0.25) is 0 Å². The molecule has 0 saturated carbocycles. The van der Waals surface area contributed by atoms with E-state index in [2.05, 4.69) is 23.2 Å². The van der Waals surface area contributed by atoms with Gasteiger partial charge in [-0.25, -0.2) is 4.98 Å². The number of aromatic nitrogens is 2. The molecule has 4 nitrogen and oxygen atoms in total. The van der Waals surface area contributed by atoms with E-state index in [4.69, 9.17) is 0 Å². The summed E-state index contributed by atoms with van der Waals surface area (Å²) in [6.45, 7) is 1.38. The van der Waals surface area contributed by atoms with Crippen LogP contribution in [0, 0.1) is 0 Å². The zero-order valence-corrected chi connectivity index (χ0v) is 12.7. The molecule has 2 aromatic carbocycles. The zero-order chi connectivity index (χ0) is 15.6. The molecule has 0 saturated heterocycles. The monoisotopic (exact) mass is 303 g/mol. The van der Waals surface area contributed by atoms with Gasteiger partial charge in [0.1, 0.15) is 0 Å². The number of hydrogen-bond donors (Lipinski definition) is 0. The molecule has 23 heavy (non-hydrogen) atoms. The number of benzene rings is 2. The maximum absolute atomic E-state index is 12.9. The van der Waals surface area contributed by atoms with Crippen molar-refractivity contribution in [1.82, 2.24) is 14.5 Å². The summed E-state index contributed by atoms with van der Waals surface area (Å²) in [5.74, 6) is 0.448. The van der Waals surface area contributed by atoms with E-state index in [1.54, 1.807) is 6.20 Å². The summed E-state index contributed by atoms with van der Waals surface area (Å²) in [4.78, 5) is 19.1. The summed E-state index contributed by atoms with van der Waals surface area (Å²) >= 11 is 0. The van der Waals surface area contributed by atoms with Gasteiger partial charge in [-0.05, 0) is 29.7 Å². The quantitative estimate of drug-likeness (QED) is 0.730. The second-order valence-corrected chi connectivity index (χ2v) is 5.70. The first-order valence-corrected chi connectivity index (χ1v) is 7.78. The van der Waals surface area contributed by atoms with Crippen LogP contribution in [0.1, 0.15) is 21.7 Å². The van der Waals surface area contributed by atoms with E-state index in [-0.39, 0.29) is 5.91 Å². The molecule has 1 aliphatic heterocycles. The molecule has 0 bridgehead atoms. The van der Waals surface area contributed by atoms with Crippen LogP contribution in [0.3, 0.4) is 0 Å². The van der Waals surface area contributed by atoms with Gasteiger partial charge in [-0.3, -0.25) is 9.36 Å². The molecular formula is C19H17N3O.